The molecule has 0 aliphatic heterocycles. The van der Waals surface area contributed by atoms with E-state index in [2.05, 4.69) is 19.7 Å². The van der Waals surface area contributed by atoms with E-state index in [1.807, 2.05) is 0 Å². The van der Waals surface area contributed by atoms with E-state index < -0.39 is 0 Å². The molecule has 0 heterocycles. The Kier molecular flexibility index (Phi) is 21.0. The highest BCUT2D eigenvalue weighted by Crippen LogP contribution is 1.67. The molecule has 0 unspecified atom stereocenters. The summed E-state index contributed by atoms with van der Waals surface area (Å²) in [7, 11) is 0. The van der Waals surface area contributed by atoms with Crippen molar-refractivity contribution in [3.8, 4) is 0 Å². The van der Waals surface area contributed by atoms with Crippen molar-refractivity contribution in [2.75, 3.05) is 5.88 Å². The van der Waals surface area contributed by atoms with Gasteiger partial charge in [0.1, 0.15) is 0 Å². The standard InChI is InChI=1S/C4H6.C3H5Cl/c1-3-4-2;1-2-3-4/h3-4H,1-2H2;2H,1,3H2. The van der Waals surface area contributed by atoms with Crippen molar-refractivity contribution in [1.82, 2.24) is 0 Å². The molecule has 0 saturated heterocycles. The SMILES string of the molecule is C=CC=C.C=CCCl. The minimum atomic E-state index is 0.556. The number of allylic oxidation sites excluding steroid dienone is 3. The van der Waals surface area contributed by atoms with Crippen molar-refractivity contribution >= 4 is 11.6 Å². The zero-order valence-corrected chi connectivity index (χ0v) is 5.69. The molecule has 0 aromatic rings. The van der Waals surface area contributed by atoms with Crippen LogP contribution in [0.15, 0.2) is 38.0 Å². The van der Waals surface area contributed by atoms with Crippen molar-refractivity contribution in [2.45, 2.75) is 0 Å². The van der Waals surface area contributed by atoms with Gasteiger partial charge in [0.2, 0.25) is 0 Å². The number of rotatable bonds is 2. The summed E-state index contributed by atoms with van der Waals surface area (Å²) in [5, 5.41) is 0. The van der Waals surface area contributed by atoms with Gasteiger partial charge in [-0.2, -0.15) is 0 Å². The molecule has 0 N–H and O–H groups in total. The molecule has 0 atom stereocenters. The van der Waals surface area contributed by atoms with Crippen LogP contribution in [0.4, 0.5) is 0 Å². The van der Waals surface area contributed by atoms with E-state index in [0.717, 1.165) is 0 Å². The first kappa shape index (κ1) is 10.5. The van der Waals surface area contributed by atoms with Gasteiger partial charge in [-0.3, -0.25) is 0 Å². The normalized spacial score (nSPS) is 5.62. The molecule has 0 spiro atoms. The summed E-state index contributed by atoms with van der Waals surface area (Å²) < 4.78 is 0. The van der Waals surface area contributed by atoms with E-state index in [1.54, 1.807) is 18.2 Å². The zero-order valence-electron chi connectivity index (χ0n) is 4.94. The molecular formula is C7H11Cl. The summed E-state index contributed by atoms with van der Waals surface area (Å²) in [5.74, 6) is 0.556. The van der Waals surface area contributed by atoms with Gasteiger partial charge in [-0.25, -0.2) is 0 Å². The third kappa shape index (κ3) is 49.2. The van der Waals surface area contributed by atoms with Crippen molar-refractivity contribution in [2.24, 2.45) is 0 Å². The van der Waals surface area contributed by atoms with Gasteiger partial charge in [0, 0.05) is 5.88 Å². The van der Waals surface area contributed by atoms with Crippen LogP contribution in [0.25, 0.3) is 0 Å². The highest BCUT2D eigenvalue weighted by atomic mass is 35.5. The van der Waals surface area contributed by atoms with E-state index in [0.29, 0.717) is 5.88 Å². The Morgan fingerprint density at radius 3 is 1.38 bits per heavy atom. The maximum Gasteiger partial charge on any atom is 0.0401 e. The predicted octanol–water partition coefficient (Wildman–Crippen LogP) is 2.77. The molecule has 0 nitrogen and oxygen atoms in total. The van der Waals surface area contributed by atoms with Crippen molar-refractivity contribution in [3.05, 3.63) is 38.0 Å². The highest BCUT2D eigenvalue weighted by Gasteiger charge is 1.48. The molecule has 0 fully saturated rings. The van der Waals surface area contributed by atoms with E-state index in [-0.39, 0.29) is 0 Å². The summed E-state index contributed by atoms with van der Waals surface area (Å²) >= 11 is 5.07. The smallest absolute Gasteiger partial charge is 0.0401 e. The van der Waals surface area contributed by atoms with Crippen LogP contribution < -0.4 is 0 Å². The van der Waals surface area contributed by atoms with Crippen LogP contribution in [-0.4, -0.2) is 5.88 Å². The van der Waals surface area contributed by atoms with Crippen LogP contribution in [0, 0.1) is 0 Å². The summed E-state index contributed by atoms with van der Waals surface area (Å²) in [5.41, 5.74) is 0. The lowest BCUT2D eigenvalue weighted by atomic mass is 10.6. The molecule has 0 rings (SSSR count). The minimum absolute atomic E-state index is 0.556. The van der Waals surface area contributed by atoms with E-state index in [1.165, 1.54) is 0 Å². The summed E-state index contributed by atoms with van der Waals surface area (Å²) in [6.45, 7) is 10.1. The third-order valence-electron chi connectivity index (χ3n) is 0.276. The van der Waals surface area contributed by atoms with Crippen LogP contribution in [0.1, 0.15) is 0 Å². The second-order valence-electron chi connectivity index (χ2n) is 0.914. The average Bonchev–Trinajstić information content (AvgIpc) is 1.88. The molecule has 0 amide bonds. The Morgan fingerprint density at radius 2 is 1.38 bits per heavy atom. The van der Waals surface area contributed by atoms with Crippen LogP contribution in [0.3, 0.4) is 0 Å². The van der Waals surface area contributed by atoms with Gasteiger partial charge in [-0.15, -0.1) is 18.2 Å². The van der Waals surface area contributed by atoms with Gasteiger partial charge in [-0.1, -0.05) is 31.4 Å². The van der Waals surface area contributed by atoms with Crippen LogP contribution in [-0.2, 0) is 0 Å². The first-order valence-corrected chi connectivity index (χ1v) is 2.77. The molecule has 0 saturated carbocycles. The van der Waals surface area contributed by atoms with E-state index >= 15 is 0 Å². The molecule has 0 bridgehead atoms. The number of hydrogen-bond acceptors (Lipinski definition) is 0. The van der Waals surface area contributed by atoms with E-state index in [9.17, 15) is 0 Å². The number of hydrogen-bond donors (Lipinski definition) is 0. The van der Waals surface area contributed by atoms with Crippen LogP contribution in [0.5, 0.6) is 0 Å². The third-order valence-corrected chi connectivity index (χ3v) is 0.494. The van der Waals surface area contributed by atoms with Crippen molar-refractivity contribution in [3.63, 3.8) is 0 Å². The van der Waals surface area contributed by atoms with Crippen molar-refractivity contribution in [1.29, 1.82) is 0 Å². The van der Waals surface area contributed by atoms with Crippen molar-refractivity contribution < 1.29 is 0 Å². The number of alkyl halides is 1. The molecule has 0 radical (unpaired) electrons. The average molecular weight is 131 g/mol. The highest BCUT2D eigenvalue weighted by molar-refractivity contribution is 6.18. The zero-order chi connectivity index (χ0) is 6.83. The fraction of sp³-hybridized carbons (Fsp3) is 0.143. The second-order valence-corrected chi connectivity index (χ2v) is 1.22. The second kappa shape index (κ2) is 16.0. The monoisotopic (exact) mass is 130 g/mol. The van der Waals surface area contributed by atoms with Gasteiger partial charge in [-0.05, 0) is 0 Å². The molecule has 0 aliphatic carbocycles. The quantitative estimate of drug-likeness (QED) is 0.306. The Balaban J connectivity index is 0. The van der Waals surface area contributed by atoms with Gasteiger partial charge in [0.25, 0.3) is 0 Å². The van der Waals surface area contributed by atoms with Crippen LogP contribution >= 0.6 is 11.6 Å². The Hall–Kier alpha value is -0.490. The topological polar surface area (TPSA) is 0 Å². The van der Waals surface area contributed by atoms with Gasteiger partial charge >= 0.3 is 0 Å². The Morgan fingerprint density at radius 1 is 1.12 bits per heavy atom. The first-order chi connectivity index (χ1) is 3.83. The van der Waals surface area contributed by atoms with Gasteiger partial charge in [0.05, 0.1) is 0 Å². The predicted molar refractivity (Wildman–Crippen MR) is 41.3 cm³/mol. The first-order valence-electron chi connectivity index (χ1n) is 2.23. The summed E-state index contributed by atoms with van der Waals surface area (Å²) in [4.78, 5) is 0. The largest absolute Gasteiger partial charge is 0.122 e. The van der Waals surface area contributed by atoms with Crippen LogP contribution in [0.2, 0.25) is 0 Å². The number of halogens is 1. The fourth-order valence-electron chi connectivity index (χ4n) is 0. The molecule has 1 heteroatoms. The maximum absolute atomic E-state index is 5.07. The van der Waals surface area contributed by atoms with E-state index in [4.69, 9.17) is 11.6 Å². The lowest BCUT2D eigenvalue weighted by molar-refractivity contribution is 1.80. The molecule has 8 heavy (non-hydrogen) atoms. The summed E-state index contributed by atoms with van der Waals surface area (Å²) in [6.07, 6.45) is 4.92. The minimum Gasteiger partial charge on any atom is -0.122 e. The summed E-state index contributed by atoms with van der Waals surface area (Å²) in [6, 6.07) is 0. The molecule has 46 valence electrons. The Labute approximate surface area is 56.2 Å². The molecule has 0 aliphatic rings. The fourth-order valence-corrected chi connectivity index (χ4v) is 0. The molecule has 0 aromatic carbocycles. The lowest BCUT2D eigenvalue weighted by Gasteiger charge is -1.55. The lowest BCUT2D eigenvalue weighted by Crippen LogP contribution is -1.45. The Bertz CT molecular complexity index is 58.8. The van der Waals surface area contributed by atoms with Gasteiger partial charge < -0.3 is 0 Å². The molecule has 0 aromatic heterocycles. The molecular weight excluding hydrogens is 120 g/mol. The maximum atomic E-state index is 5.07. The van der Waals surface area contributed by atoms with Gasteiger partial charge in [0.15, 0.2) is 0 Å².